The number of ether oxygens (including phenoxy) is 1. The topological polar surface area (TPSA) is 146 Å². The first-order chi connectivity index (χ1) is 23.8. The summed E-state index contributed by atoms with van der Waals surface area (Å²) < 4.78 is 49.4. The van der Waals surface area contributed by atoms with E-state index >= 15 is 0 Å². The van der Waals surface area contributed by atoms with Gasteiger partial charge in [0, 0.05) is 50.2 Å². The molecule has 11 nitrogen and oxygen atoms in total. The molecule has 0 bridgehead atoms. The van der Waals surface area contributed by atoms with Gasteiger partial charge in [-0.3, -0.25) is 14.5 Å². The molecule has 1 saturated carbocycles. The van der Waals surface area contributed by atoms with Crippen LogP contribution in [-0.2, 0) is 21.2 Å². The summed E-state index contributed by atoms with van der Waals surface area (Å²) >= 11 is 5.92. The van der Waals surface area contributed by atoms with Gasteiger partial charge in [0.15, 0.2) is 0 Å². The Morgan fingerprint density at radius 2 is 1.86 bits per heavy atom. The number of aromatic nitrogens is 1. The highest BCUT2D eigenvalue weighted by molar-refractivity contribution is 7.89. The van der Waals surface area contributed by atoms with Crippen LogP contribution in [0.4, 0.5) is 9.18 Å². The normalized spacial score (nSPS) is 19.8. The van der Waals surface area contributed by atoms with Gasteiger partial charge in [-0.1, -0.05) is 36.2 Å². The quantitative estimate of drug-likeness (QED) is 0.188. The number of imide groups is 1. The highest BCUT2D eigenvalue weighted by Crippen LogP contribution is 2.37. The molecule has 50 heavy (non-hydrogen) atoms. The van der Waals surface area contributed by atoms with Gasteiger partial charge in [-0.15, -0.1) is 0 Å². The van der Waals surface area contributed by atoms with Crippen molar-refractivity contribution in [3.05, 3.63) is 88.3 Å². The van der Waals surface area contributed by atoms with Crippen molar-refractivity contribution in [3.63, 3.8) is 0 Å². The molecule has 14 heteroatoms. The summed E-state index contributed by atoms with van der Waals surface area (Å²) in [6.45, 7) is 2.53. The van der Waals surface area contributed by atoms with E-state index in [4.69, 9.17) is 22.1 Å². The number of carbonyl (C=O) groups is 3. The van der Waals surface area contributed by atoms with E-state index in [0.717, 1.165) is 59.2 Å². The third kappa shape index (κ3) is 6.69. The van der Waals surface area contributed by atoms with Crippen LogP contribution in [0.3, 0.4) is 0 Å². The average Bonchev–Trinajstić information content (AvgIpc) is 3.61. The first-order valence-electron chi connectivity index (χ1n) is 16.4. The number of halogens is 2. The molecule has 2 fully saturated rings. The molecule has 3 N–H and O–H groups in total. The fourth-order valence-corrected chi connectivity index (χ4v) is 8.67. The minimum Gasteiger partial charge on any atom is -0.456 e. The molecule has 0 spiro atoms. The molecule has 0 radical (unpaired) electrons. The maximum atomic E-state index is 14.6. The van der Waals surface area contributed by atoms with Crippen LogP contribution in [0.5, 0.6) is 11.5 Å². The van der Waals surface area contributed by atoms with E-state index in [2.05, 4.69) is 4.98 Å². The number of nitrogens with zero attached hydrogens (tertiary/aromatic N) is 3. The summed E-state index contributed by atoms with van der Waals surface area (Å²) in [7, 11) is -1.74. The summed E-state index contributed by atoms with van der Waals surface area (Å²) in [6.07, 6.45) is 5.09. The van der Waals surface area contributed by atoms with Crippen LogP contribution in [0, 0.1) is 24.6 Å². The van der Waals surface area contributed by atoms with Crippen LogP contribution in [0.25, 0.3) is 10.9 Å². The maximum absolute atomic E-state index is 14.6. The molecule has 6 rings (SSSR count). The van der Waals surface area contributed by atoms with Gasteiger partial charge in [0.1, 0.15) is 23.4 Å². The molecule has 264 valence electrons. The molecule has 2 aliphatic rings. The molecule has 1 aliphatic carbocycles. The molecule has 2 heterocycles. The van der Waals surface area contributed by atoms with E-state index in [1.165, 1.54) is 43.3 Å². The van der Waals surface area contributed by atoms with Crippen LogP contribution in [0.1, 0.15) is 47.2 Å². The second kappa shape index (κ2) is 14.0. The van der Waals surface area contributed by atoms with Gasteiger partial charge in [0.05, 0.1) is 15.5 Å². The number of benzene rings is 3. The van der Waals surface area contributed by atoms with E-state index in [9.17, 15) is 27.2 Å². The van der Waals surface area contributed by atoms with E-state index in [1.807, 2.05) is 25.1 Å². The van der Waals surface area contributed by atoms with E-state index < -0.39 is 39.7 Å². The fraction of sp³-hybridized carbons (Fsp3) is 0.361. The van der Waals surface area contributed by atoms with Crippen LogP contribution in [0.2, 0.25) is 5.02 Å². The molecule has 3 aromatic carbocycles. The van der Waals surface area contributed by atoms with Crippen LogP contribution >= 0.6 is 11.6 Å². The van der Waals surface area contributed by atoms with Crippen LogP contribution in [0.15, 0.2) is 65.7 Å². The smallest absolute Gasteiger partial charge is 0.341 e. The first-order valence-corrected chi connectivity index (χ1v) is 18.3. The Morgan fingerprint density at radius 1 is 1.10 bits per heavy atom. The number of hydrogen-bond acceptors (Lipinski definition) is 7. The van der Waals surface area contributed by atoms with Crippen molar-refractivity contribution in [2.75, 3.05) is 27.2 Å². The van der Waals surface area contributed by atoms with Crippen molar-refractivity contribution in [1.29, 1.82) is 0 Å². The zero-order valence-corrected chi connectivity index (χ0v) is 29.6. The number of fused-ring (bicyclic) bond motifs is 1. The Hall–Kier alpha value is -4.46. The Labute approximate surface area is 295 Å². The summed E-state index contributed by atoms with van der Waals surface area (Å²) in [4.78, 5) is 46.9. The monoisotopic (exact) mass is 723 g/mol. The summed E-state index contributed by atoms with van der Waals surface area (Å²) in [5, 5.41) is 0.618. The summed E-state index contributed by atoms with van der Waals surface area (Å²) in [5.74, 6) is -1.50. The van der Waals surface area contributed by atoms with Crippen molar-refractivity contribution in [1.82, 2.24) is 19.1 Å². The second-order valence-electron chi connectivity index (χ2n) is 13.2. The Bertz CT molecular complexity index is 2090. The third-order valence-corrected chi connectivity index (χ3v) is 11.7. The lowest BCUT2D eigenvalue weighted by Crippen LogP contribution is -2.42. The number of para-hydroxylation sites is 1. The number of carbonyl (C=O) groups excluding carboxylic acids is 3. The number of nitrogens with one attached hydrogen (secondary N) is 1. The number of rotatable bonds is 10. The fourth-order valence-electron chi connectivity index (χ4n) is 6.96. The predicted octanol–water partition coefficient (Wildman–Crippen LogP) is 6.09. The van der Waals surface area contributed by atoms with Gasteiger partial charge < -0.3 is 20.4 Å². The molecular weight excluding hydrogens is 685 g/mol. The summed E-state index contributed by atoms with van der Waals surface area (Å²) in [6, 6.07) is 10.7. The van der Waals surface area contributed by atoms with Crippen LogP contribution in [-0.4, -0.2) is 78.6 Å². The minimum absolute atomic E-state index is 0.00930. The van der Waals surface area contributed by atoms with Crippen molar-refractivity contribution in [3.8, 4) is 11.5 Å². The lowest BCUT2D eigenvalue weighted by Gasteiger charge is -2.30. The molecule has 3 unspecified atom stereocenters. The van der Waals surface area contributed by atoms with Gasteiger partial charge in [-0.25, -0.2) is 21.9 Å². The van der Waals surface area contributed by atoms with Crippen molar-refractivity contribution in [2.24, 2.45) is 17.6 Å². The average molecular weight is 724 g/mol. The number of nitrogens with two attached hydrogens (primary N) is 1. The van der Waals surface area contributed by atoms with Crippen molar-refractivity contribution < 1.29 is 31.9 Å². The Morgan fingerprint density at radius 3 is 2.58 bits per heavy atom. The third-order valence-electron chi connectivity index (χ3n) is 9.61. The standard InChI is InChI=1S/C36H39ClFN5O6S/c1-21-6-4-9-27-24(19-40-33(21)27)15-31-35(45)42(20-23-8-5-7-22(14-23)18-39)36(46)43(31)50(47,48)26-11-13-32(28(17-26)34(44)41(2)3)49-25-10-12-30(38)29(37)16-25/h4,6,9-13,16-17,19,22-23,31,40H,5,7-8,14-15,18,20,39H2,1-3H3. The number of hydrogen-bond donors (Lipinski definition) is 2. The highest BCUT2D eigenvalue weighted by Gasteiger charge is 2.52. The van der Waals surface area contributed by atoms with Gasteiger partial charge >= 0.3 is 6.03 Å². The maximum Gasteiger partial charge on any atom is 0.341 e. The molecule has 4 amide bonds. The van der Waals surface area contributed by atoms with Gasteiger partial charge in [-0.2, -0.15) is 0 Å². The number of H-pyrrole nitrogens is 1. The molecule has 3 atom stereocenters. The minimum atomic E-state index is -4.71. The zero-order valence-electron chi connectivity index (χ0n) is 28.0. The molecular formula is C36H39ClFN5O6S. The number of aryl methyl sites for hydroxylation is 1. The van der Waals surface area contributed by atoms with E-state index in [-0.39, 0.29) is 51.8 Å². The van der Waals surface area contributed by atoms with E-state index in [0.29, 0.717) is 16.4 Å². The number of sulfonamides is 1. The molecule has 4 aromatic rings. The molecule has 1 aromatic heterocycles. The van der Waals surface area contributed by atoms with Crippen LogP contribution < -0.4 is 10.5 Å². The van der Waals surface area contributed by atoms with Gasteiger partial charge in [0.25, 0.3) is 21.8 Å². The predicted molar refractivity (Wildman–Crippen MR) is 187 cm³/mol. The van der Waals surface area contributed by atoms with Gasteiger partial charge in [0.2, 0.25) is 0 Å². The Kier molecular flexibility index (Phi) is 9.93. The largest absolute Gasteiger partial charge is 0.456 e. The van der Waals surface area contributed by atoms with Gasteiger partial charge in [-0.05, 0) is 86.0 Å². The lowest BCUT2D eigenvalue weighted by atomic mass is 9.81. The lowest BCUT2D eigenvalue weighted by molar-refractivity contribution is -0.128. The second-order valence-corrected chi connectivity index (χ2v) is 15.5. The highest BCUT2D eigenvalue weighted by atomic mass is 35.5. The summed E-state index contributed by atoms with van der Waals surface area (Å²) in [5.41, 5.74) is 8.33. The SMILES string of the molecule is Cc1cccc2c(CC3C(=O)N(CC4CCCC(CN)C4)C(=O)N3S(=O)(=O)c3ccc(Oc4ccc(F)c(Cl)c4)c(C(=O)N(C)C)c3)c[nH]c12. The first kappa shape index (κ1) is 35.4. The Balaban J connectivity index is 1.40. The number of urea groups is 1. The number of amides is 4. The van der Waals surface area contributed by atoms with Crippen molar-refractivity contribution in [2.45, 2.75) is 50.0 Å². The van der Waals surface area contributed by atoms with Crippen molar-refractivity contribution >= 4 is 50.4 Å². The molecule has 1 aliphatic heterocycles. The van der Waals surface area contributed by atoms with E-state index in [1.54, 1.807) is 6.20 Å². The molecule has 1 saturated heterocycles. The zero-order chi connectivity index (χ0) is 35.9. The number of aromatic amines is 1.